The van der Waals surface area contributed by atoms with Gasteiger partial charge in [-0.2, -0.15) is 0 Å². The minimum Gasteiger partial charge on any atom is -0.462 e. The van der Waals surface area contributed by atoms with E-state index in [1.54, 1.807) is 25.3 Å². The Morgan fingerprint density at radius 3 is 2.67 bits per heavy atom. The summed E-state index contributed by atoms with van der Waals surface area (Å²) >= 11 is 6.44. The number of carbonyl (C=O) groups is 1. The number of aromatic nitrogens is 4. The number of hydrogen-bond acceptors (Lipinski definition) is 5. The lowest BCUT2D eigenvalue weighted by atomic mass is 10.2. The van der Waals surface area contributed by atoms with E-state index in [2.05, 4.69) is 47.0 Å². The van der Waals surface area contributed by atoms with Crippen LogP contribution in [0.5, 0.6) is 0 Å². The molecule has 0 saturated heterocycles. The SMILES string of the molecule is CCOC(=O)c1cccnc1-n1nc(Br)c(Br)n1. The lowest BCUT2D eigenvalue weighted by Crippen LogP contribution is -2.12. The Labute approximate surface area is 120 Å². The average Bonchev–Trinajstić information content (AvgIpc) is 2.70. The molecule has 2 rings (SSSR count). The largest absolute Gasteiger partial charge is 0.462 e. The number of rotatable bonds is 3. The van der Waals surface area contributed by atoms with Crippen LogP contribution >= 0.6 is 31.9 Å². The van der Waals surface area contributed by atoms with Gasteiger partial charge < -0.3 is 4.74 Å². The molecule has 0 amide bonds. The van der Waals surface area contributed by atoms with Crippen LogP contribution in [0, 0.1) is 0 Å². The molecule has 2 aromatic rings. The number of carbonyl (C=O) groups excluding carboxylic acids is 1. The molecule has 2 aromatic heterocycles. The summed E-state index contributed by atoms with van der Waals surface area (Å²) in [5.74, 6) is -0.132. The molecule has 2 heterocycles. The second-order valence-corrected chi connectivity index (χ2v) is 4.67. The second kappa shape index (κ2) is 5.57. The summed E-state index contributed by atoms with van der Waals surface area (Å²) in [6.45, 7) is 2.04. The van der Waals surface area contributed by atoms with E-state index >= 15 is 0 Å². The lowest BCUT2D eigenvalue weighted by Gasteiger charge is -2.05. The Morgan fingerprint density at radius 2 is 2.06 bits per heavy atom. The molecule has 8 heteroatoms. The molecular formula is C10H8Br2N4O2. The summed E-state index contributed by atoms with van der Waals surface area (Å²) in [6.07, 6.45) is 1.56. The maximum absolute atomic E-state index is 11.8. The van der Waals surface area contributed by atoms with Crippen molar-refractivity contribution in [3.8, 4) is 5.82 Å². The Balaban J connectivity index is 2.47. The second-order valence-electron chi connectivity index (χ2n) is 3.17. The smallest absolute Gasteiger partial charge is 0.342 e. The Kier molecular flexibility index (Phi) is 4.07. The molecule has 18 heavy (non-hydrogen) atoms. The molecule has 0 saturated carbocycles. The zero-order valence-corrected chi connectivity index (χ0v) is 12.5. The van der Waals surface area contributed by atoms with Gasteiger partial charge in [-0.05, 0) is 50.9 Å². The minimum atomic E-state index is -0.454. The summed E-state index contributed by atoms with van der Waals surface area (Å²) in [5.41, 5.74) is 0.314. The molecule has 0 aliphatic carbocycles. The van der Waals surface area contributed by atoms with Gasteiger partial charge in [0.25, 0.3) is 0 Å². The van der Waals surface area contributed by atoms with Crippen molar-refractivity contribution in [3.63, 3.8) is 0 Å². The highest BCUT2D eigenvalue weighted by Crippen LogP contribution is 2.20. The summed E-state index contributed by atoms with van der Waals surface area (Å²) < 4.78 is 6.02. The van der Waals surface area contributed by atoms with Crippen molar-refractivity contribution >= 4 is 37.8 Å². The quantitative estimate of drug-likeness (QED) is 0.770. The van der Waals surface area contributed by atoms with Crippen molar-refractivity contribution in [2.45, 2.75) is 6.92 Å². The first-order valence-corrected chi connectivity index (χ1v) is 6.63. The van der Waals surface area contributed by atoms with Gasteiger partial charge in [0.2, 0.25) is 0 Å². The van der Waals surface area contributed by atoms with Crippen LogP contribution in [-0.2, 0) is 4.74 Å². The first-order chi connectivity index (χ1) is 8.63. The van der Waals surface area contributed by atoms with Gasteiger partial charge in [0, 0.05) is 6.20 Å². The van der Waals surface area contributed by atoms with Crippen molar-refractivity contribution in [1.82, 2.24) is 20.0 Å². The topological polar surface area (TPSA) is 69.9 Å². The highest BCUT2D eigenvalue weighted by molar-refractivity contribution is 9.13. The molecule has 0 spiro atoms. The van der Waals surface area contributed by atoms with Gasteiger partial charge in [0.1, 0.15) is 5.56 Å². The van der Waals surface area contributed by atoms with E-state index in [9.17, 15) is 4.79 Å². The van der Waals surface area contributed by atoms with E-state index in [0.29, 0.717) is 27.2 Å². The van der Waals surface area contributed by atoms with Crippen molar-refractivity contribution in [2.24, 2.45) is 0 Å². The molecule has 0 atom stereocenters. The molecule has 0 unspecified atom stereocenters. The van der Waals surface area contributed by atoms with Crippen molar-refractivity contribution in [1.29, 1.82) is 0 Å². The fourth-order valence-corrected chi connectivity index (χ4v) is 1.75. The number of esters is 1. The molecule has 94 valence electrons. The van der Waals surface area contributed by atoms with Crippen LogP contribution in [0.25, 0.3) is 5.82 Å². The van der Waals surface area contributed by atoms with Gasteiger partial charge in [-0.1, -0.05) is 0 Å². The van der Waals surface area contributed by atoms with Crippen LogP contribution in [0.1, 0.15) is 17.3 Å². The van der Waals surface area contributed by atoms with Crippen LogP contribution in [-0.4, -0.2) is 32.6 Å². The van der Waals surface area contributed by atoms with Crippen molar-refractivity contribution < 1.29 is 9.53 Å². The summed E-state index contributed by atoms with van der Waals surface area (Å²) in [7, 11) is 0. The summed E-state index contributed by atoms with van der Waals surface area (Å²) in [5, 5.41) is 8.18. The monoisotopic (exact) mass is 374 g/mol. The van der Waals surface area contributed by atoms with E-state index < -0.39 is 5.97 Å². The predicted molar refractivity (Wildman–Crippen MR) is 70.5 cm³/mol. The fourth-order valence-electron chi connectivity index (χ4n) is 1.29. The normalized spacial score (nSPS) is 10.4. The van der Waals surface area contributed by atoms with E-state index in [1.807, 2.05) is 0 Å². The summed E-state index contributed by atoms with van der Waals surface area (Å²) in [4.78, 5) is 17.1. The van der Waals surface area contributed by atoms with Crippen LogP contribution in [0.3, 0.4) is 0 Å². The zero-order chi connectivity index (χ0) is 13.1. The number of ether oxygens (including phenoxy) is 1. The maximum atomic E-state index is 11.8. The Hall–Kier alpha value is -1.28. The summed E-state index contributed by atoms with van der Waals surface area (Å²) in [6, 6.07) is 3.27. The molecule has 0 aliphatic heterocycles. The molecule has 0 aromatic carbocycles. The maximum Gasteiger partial charge on any atom is 0.342 e. The lowest BCUT2D eigenvalue weighted by molar-refractivity contribution is 0.0525. The van der Waals surface area contributed by atoms with E-state index in [1.165, 1.54) is 4.80 Å². The van der Waals surface area contributed by atoms with E-state index in [0.717, 1.165) is 0 Å². The molecule has 0 fully saturated rings. The van der Waals surface area contributed by atoms with Crippen LogP contribution in [0.15, 0.2) is 27.5 Å². The fraction of sp³-hybridized carbons (Fsp3) is 0.200. The Morgan fingerprint density at radius 1 is 1.39 bits per heavy atom. The van der Waals surface area contributed by atoms with E-state index in [-0.39, 0.29) is 0 Å². The van der Waals surface area contributed by atoms with Crippen molar-refractivity contribution in [2.75, 3.05) is 6.61 Å². The van der Waals surface area contributed by atoms with Gasteiger partial charge in [0.05, 0.1) is 6.61 Å². The van der Waals surface area contributed by atoms with Gasteiger partial charge in [-0.3, -0.25) is 0 Å². The molecule has 0 N–H and O–H groups in total. The predicted octanol–water partition coefficient (Wildman–Crippen LogP) is 2.36. The minimum absolute atomic E-state index is 0.299. The average molecular weight is 376 g/mol. The van der Waals surface area contributed by atoms with Crippen LogP contribution in [0.4, 0.5) is 0 Å². The van der Waals surface area contributed by atoms with Gasteiger partial charge in [-0.25, -0.2) is 9.78 Å². The standard InChI is InChI=1S/C10H8Br2N4O2/c1-2-18-10(17)6-4-3-5-13-9(6)16-14-7(11)8(12)15-16/h3-5H,2H2,1H3. The first kappa shape index (κ1) is 13.2. The number of nitrogens with zero attached hydrogens (tertiary/aromatic N) is 4. The van der Waals surface area contributed by atoms with Gasteiger partial charge in [-0.15, -0.1) is 15.0 Å². The van der Waals surface area contributed by atoms with Crippen LogP contribution < -0.4 is 0 Å². The molecular weight excluding hydrogens is 368 g/mol. The number of halogens is 2. The highest BCUT2D eigenvalue weighted by Gasteiger charge is 2.17. The van der Waals surface area contributed by atoms with Crippen molar-refractivity contribution in [3.05, 3.63) is 33.1 Å². The number of pyridine rings is 1. The molecule has 6 nitrogen and oxygen atoms in total. The third-order valence-corrected chi connectivity index (χ3v) is 3.61. The van der Waals surface area contributed by atoms with Gasteiger partial charge >= 0.3 is 5.97 Å². The van der Waals surface area contributed by atoms with Crippen LogP contribution in [0.2, 0.25) is 0 Å². The van der Waals surface area contributed by atoms with E-state index in [4.69, 9.17) is 4.74 Å². The molecule has 0 radical (unpaired) electrons. The zero-order valence-electron chi connectivity index (χ0n) is 9.30. The van der Waals surface area contributed by atoms with Gasteiger partial charge in [0.15, 0.2) is 15.0 Å². The Bertz CT molecular complexity index is 566. The molecule has 0 aliphatic rings. The first-order valence-electron chi connectivity index (χ1n) is 5.04. The molecule has 0 bridgehead atoms. The third-order valence-electron chi connectivity index (χ3n) is 2.01. The number of hydrogen-bond donors (Lipinski definition) is 0. The third kappa shape index (κ3) is 2.59. The highest BCUT2D eigenvalue weighted by atomic mass is 79.9.